The van der Waals surface area contributed by atoms with Crippen LogP contribution < -0.4 is 24.3 Å². The van der Waals surface area contributed by atoms with Gasteiger partial charge in [-0.3, -0.25) is 0 Å². The van der Waals surface area contributed by atoms with E-state index in [9.17, 15) is 0 Å². The summed E-state index contributed by atoms with van der Waals surface area (Å²) in [5.74, 6) is 2.76. The summed E-state index contributed by atoms with van der Waals surface area (Å²) >= 11 is 6.18. The average molecular weight is 336 g/mol. The van der Waals surface area contributed by atoms with E-state index < -0.39 is 0 Å². The first kappa shape index (κ1) is 15.8. The molecule has 0 bridgehead atoms. The summed E-state index contributed by atoms with van der Waals surface area (Å²) in [7, 11) is 3.25. The first-order valence-corrected chi connectivity index (χ1v) is 7.58. The van der Waals surface area contributed by atoms with E-state index in [1.165, 1.54) is 0 Å². The van der Waals surface area contributed by atoms with Gasteiger partial charge in [-0.1, -0.05) is 17.7 Å². The van der Waals surface area contributed by atoms with Gasteiger partial charge in [0.25, 0.3) is 0 Å². The number of fused-ring (bicyclic) bond motifs is 1. The molecule has 5 nitrogen and oxygen atoms in total. The predicted octanol–water partition coefficient (Wildman–Crippen LogP) is 3.38. The van der Waals surface area contributed by atoms with Crippen LogP contribution in [0.3, 0.4) is 0 Å². The van der Waals surface area contributed by atoms with Gasteiger partial charge in [0.1, 0.15) is 0 Å². The second-order valence-electron chi connectivity index (χ2n) is 5.10. The number of benzene rings is 2. The summed E-state index contributed by atoms with van der Waals surface area (Å²) in [6.07, 6.45) is 0. The Kier molecular flexibility index (Phi) is 4.79. The van der Waals surface area contributed by atoms with Crippen molar-refractivity contribution >= 4 is 11.6 Å². The summed E-state index contributed by atoms with van der Waals surface area (Å²) in [4.78, 5) is 0. The van der Waals surface area contributed by atoms with Crippen molar-refractivity contribution in [2.45, 2.75) is 13.1 Å². The quantitative estimate of drug-likeness (QED) is 0.877. The fourth-order valence-corrected chi connectivity index (χ4v) is 2.75. The van der Waals surface area contributed by atoms with Crippen molar-refractivity contribution in [1.29, 1.82) is 0 Å². The maximum Gasteiger partial charge on any atom is 0.231 e. The standard InChI is InChI=1S/C17H18ClNO4/c1-20-14-4-3-11(6-15(14)21-2)8-19-9-12-5-13(18)17-16(7-12)22-10-23-17/h3-7,19H,8-10H2,1-2H3. The Labute approximate surface area is 140 Å². The Hall–Kier alpha value is -2.11. The van der Waals surface area contributed by atoms with Gasteiger partial charge in [-0.2, -0.15) is 0 Å². The highest BCUT2D eigenvalue weighted by Crippen LogP contribution is 2.39. The lowest BCUT2D eigenvalue weighted by molar-refractivity contribution is 0.174. The largest absolute Gasteiger partial charge is 0.493 e. The van der Waals surface area contributed by atoms with Gasteiger partial charge in [0.15, 0.2) is 23.0 Å². The molecule has 1 N–H and O–H groups in total. The van der Waals surface area contributed by atoms with Crippen LogP contribution in [0.4, 0.5) is 0 Å². The van der Waals surface area contributed by atoms with Crippen molar-refractivity contribution in [2.24, 2.45) is 0 Å². The molecule has 23 heavy (non-hydrogen) atoms. The van der Waals surface area contributed by atoms with Gasteiger partial charge in [0.2, 0.25) is 6.79 Å². The molecule has 0 aromatic heterocycles. The van der Waals surface area contributed by atoms with Gasteiger partial charge < -0.3 is 24.3 Å². The van der Waals surface area contributed by atoms with Crippen LogP contribution in [0.1, 0.15) is 11.1 Å². The van der Waals surface area contributed by atoms with Crippen LogP contribution in [0.25, 0.3) is 0 Å². The van der Waals surface area contributed by atoms with Crippen LogP contribution in [-0.2, 0) is 13.1 Å². The Bertz CT molecular complexity index is 705. The Morgan fingerprint density at radius 1 is 1.00 bits per heavy atom. The van der Waals surface area contributed by atoms with Gasteiger partial charge in [-0.15, -0.1) is 0 Å². The molecule has 0 saturated carbocycles. The molecule has 0 fully saturated rings. The van der Waals surface area contributed by atoms with Crippen molar-refractivity contribution < 1.29 is 18.9 Å². The summed E-state index contributed by atoms with van der Waals surface area (Å²) in [5, 5.41) is 3.95. The minimum Gasteiger partial charge on any atom is -0.493 e. The first-order valence-electron chi connectivity index (χ1n) is 7.21. The highest BCUT2D eigenvalue weighted by molar-refractivity contribution is 6.32. The maximum atomic E-state index is 6.18. The highest BCUT2D eigenvalue weighted by Gasteiger charge is 2.18. The van der Waals surface area contributed by atoms with Crippen molar-refractivity contribution in [3.8, 4) is 23.0 Å². The zero-order chi connectivity index (χ0) is 16.2. The number of hydrogen-bond donors (Lipinski definition) is 1. The lowest BCUT2D eigenvalue weighted by atomic mass is 10.1. The molecule has 0 unspecified atom stereocenters. The Balaban J connectivity index is 1.63. The normalized spacial score (nSPS) is 12.3. The molecule has 3 rings (SSSR count). The van der Waals surface area contributed by atoms with E-state index in [0.29, 0.717) is 29.6 Å². The average Bonchev–Trinajstić information content (AvgIpc) is 3.04. The molecule has 1 aliphatic heterocycles. The number of rotatable bonds is 6. The zero-order valence-electron chi connectivity index (χ0n) is 13.0. The summed E-state index contributed by atoms with van der Waals surface area (Å²) in [6.45, 7) is 1.59. The molecule has 2 aromatic rings. The fraction of sp³-hybridized carbons (Fsp3) is 0.294. The molecule has 1 aliphatic rings. The van der Waals surface area contributed by atoms with E-state index in [4.69, 9.17) is 30.5 Å². The van der Waals surface area contributed by atoms with Gasteiger partial charge in [-0.05, 0) is 35.4 Å². The van der Waals surface area contributed by atoms with Crippen molar-refractivity contribution in [3.63, 3.8) is 0 Å². The lowest BCUT2D eigenvalue weighted by Gasteiger charge is -2.11. The van der Waals surface area contributed by atoms with Crippen molar-refractivity contribution in [2.75, 3.05) is 21.0 Å². The number of nitrogens with one attached hydrogen (secondary N) is 1. The molecule has 0 radical (unpaired) electrons. The molecular weight excluding hydrogens is 318 g/mol. The summed E-state index contributed by atoms with van der Waals surface area (Å²) < 4.78 is 21.2. The van der Waals surface area contributed by atoms with Gasteiger partial charge in [0, 0.05) is 13.1 Å². The minimum atomic E-state index is 0.220. The van der Waals surface area contributed by atoms with E-state index in [2.05, 4.69) is 5.32 Å². The third-order valence-corrected chi connectivity index (χ3v) is 3.87. The third-order valence-electron chi connectivity index (χ3n) is 3.59. The predicted molar refractivity (Wildman–Crippen MR) is 87.7 cm³/mol. The molecular formula is C17H18ClNO4. The Morgan fingerprint density at radius 2 is 1.78 bits per heavy atom. The maximum absolute atomic E-state index is 6.18. The third kappa shape index (κ3) is 3.46. The fourth-order valence-electron chi connectivity index (χ4n) is 2.46. The molecule has 0 amide bonds. The molecule has 0 spiro atoms. The molecule has 0 aliphatic carbocycles. The van der Waals surface area contributed by atoms with E-state index in [1.807, 2.05) is 30.3 Å². The topological polar surface area (TPSA) is 49.0 Å². The van der Waals surface area contributed by atoms with E-state index in [1.54, 1.807) is 14.2 Å². The number of halogens is 1. The molecule has 1 heterocycles. The van der Waals surface area contributed by atoms with Crippen molar-refractivity contribution in [3.05, 3.63) is 46.5 Å². The van der Waals surface area contributed by atoms with Crippen LogP contribution in [0.5, 0.6) is 23.0 Å². The molecule has 0 atom stereocenters. The van der Waals surface area contributed by atoms with E-state index in [-0.39, 0.29) is 6.79 Å². The van der Waals surface area contributed by atoms with Crippen LogP contribution in [0.15, 0.2) is 30.3 Å². The van der Waals surface area contributed by atoms with Crippen LogP contribution in [-0.4, -0.2) is 21.0 Å². The van der Waals surface area contributed by atoms with Crippen LogP contribution >= 0.6 is 11.6 Å². The second-order valence-corrected chi connectivity index (χ2v) is 5.51. The smallest absolute Gasteiger partial charge is 0.231 e. The number of ether oxygens (including phenoxy) is 4. The SMILES string of the molecule is COc1ccc(CNCc2cc(Cl)c3c(c2)OCO3)cc1OC. The minimum absolute atomic E-state index is 0.220. The van der Waals surface area contributed by atoms with Crippen LogP contribution in [0.2, 0.25) is 5.02 Å². The zero-order valence-corrected chi connectivity index (χ0v) is 13.8. The van der Waals surface area contributed by atoms with Crippen LogP contribution in [0, 0.1) is 0 Å². The summed E-state index contributed by atoms with van der Waals surface area (Å²) in [6, 6.07) is 9.68. The lowest BCUT2D eigenvalue weighted by Crippen LogP contribution is -2.12. The molecule has 2 aromatic carbocycles. The Morgan fingerprint density at radius 3 is 2.57 bits per heavy atom. The number of hydrogen-bond acceptors (Lipinski definition) is 5. The van der Waals surface area contributed by atoms with Gasteiger partial charge in [0.05, 0.1) is 19.2 Å². The first-order chi connectivity index (χ1) is 11.2. The van der Waals surface area contributed by atoms with E-state index in [0.717, 1.165) is 22.6 Å². The van der Waals surface area contributed by atoms with Gasteiger partial charge in [-0.25, -0.2) is 0 Å². The van der Waals surface area contributed by atoms with Crippen molar-refractivity contribution in [1.82, 2.24) is 5.32 Å². The molecule has 6 heteroatoms. The summed E-state index contributed by atoms with van der Waals surface area (Å²) in [5.41, 5.74) is 2.15. The molecule has 0 saturated heterocycles. The monoisotopic (exact) mass is 335 g/mol. The second kappa shape index (κ2) is 6.98. The highest BCUT2D eigenvalue weighted by atomic mass is 35.5. The van der Waals surface area contributed by atoms with Gasteiger partial charge >= 0.3 is 0 Å². The van der Waals surface area contributed by atoms with E-state index >= 15 is 0 Å². The number of methoxy groups -OCH3 is 2. The molecule has 122 valence electrons.